The van der Waals surface area contributed by atoms with Crippen molar-refractivity contribution in [1.29, 1.82) is 0 Å². The van der Waals surface area contributed by atoms with E-state index in [0.29, 0.717) is 25.9 Å². The van der Waals surface area contributed by atoms with E-state index in [1.54, 1.807) is 14.2 Å². The van der Waals surface area contributed by atoms with Crippen molar-refractivity contribution in [3.8, 4) is 11.5 Å². The smallest absolute Gasteiger partial charge is 0.306 e. The maximum atomic E-state index is 11.3. The molecule has 0 saturated carbocycles. The topological polar surface area (TPSA) is 71.9 Å². The maximum Gasteiger partial charge on any atom is 0.306 e. The number of methoxy groups -OCH3 is 2. The Kier molecular flexibility index (Phi) is 5.96. The summed E-state index contributed by atoms with van der Waals surface area (Å²) in [6.45, 7) is 3.38. The first-order valence-corrected chi connectivity index (χ1v) is 9.15. The fraction of sp³-hybridized carbons (Fsp3) is 0.429. The van der Waals surface area contributed by atoms with E-state index in [1.807, 2.05) is 43.3 Å². The van der Waals surface area contributed by atoms with Crippen molar-refractivity contribution >= 4 is 5.97 Å². The van der Waals surface area contributed by atoms with E-state index < -0.39 is 5.97 Å². The van der Waals surface area contributed by atoms with Gasteiger partial charge in [0, 0.05) is 17.3 Å². The third-order valence-electron chi connectivity index (χ3n) is 5.17. The van der Waals surface area contributed by atoms with Gasteiger partial charge >= 0.3 is 5.97 Å². The lowest BCUT2D eigenvalue weighted by atomic mass is 9.92. The third kappa shape index (κ3) is 4.22. The number of pyridine rings is 1. The van der Waals surface area contributed by atoms with Crippen molar-refractivity contribution < 1.29 is 19.4 Å². The van der Waals surface area contributed by atoms with Crippen molar-refractivity contribution in [2.45, 2.75) is 25.8 Å². The lowest BCUT2D eigenvalue weighted by Crippen LogP contribution is -2.39. The number of carboxylic acid groups (broad SMARTS) is 1. The van der Waals surface area contributed by atoms with Gasteiger partial charge in [-0.3, -0.25) is 14.7 Å². The second-order valence-electron chi connectivity index (χ2n) is 6.86. The number of carboxylic acids is 1. The number of aliphatic carboxylic acids is 1. The van der Waals surface area contributed by atoms with Gasteiger partial charge in [-0.25, -0.2) is 0 Å². The van der Waals surface area contributed by atoms with Crippen LogP contribution in [0.3, 0.4) is 0 Å². The van der Waals surface area contributed by atoms with Crippen molar-refractivity contribution in [1.82, 2.24) is 9.88 Å². The van der Waals surface area contributed by atoms with Crippen molar-refractivity contribution in [2.75, 3.05) is 27.3 Å². The Balaban J connectivity index is 2.00. The number of aromatic nitrogens is 1. The van der Waals surface area contributed by atoms with Crippen LogP contribution >= 0.6 is 0 Å². The molecule has 0 aliphatic carbocycles. The summed E-state index contributed by atoms with van der Waals surface area (Å²) in [4.78, 5) is 18.4. The molecule has 0 bridgehead atoms. The Hall–Kier alpha value is -2.60. The summed E-state index contributed by atoms with van der Waals surface area (Å²) in [6.07, 6.45) is 1.27. The average Bonchev–Trinajstić information content (AvgIpc) is 2.69. The molecule has 2 heterocycles. The van der Waals surface area contributed by atoms with Crippen molar-refractivity contribution in [3.05, 3.63) is 53.3 Å². The van der Waals surface area contributed by atoms with Gasteiger partial charge < -0.3 is 14.6 Å². The summed E-state index contributed by atoms with van der Waals surface area (Å²) >= 11 is 0. The van der Waals surface area contributed by atoms with Crippen LogP contribution in [0.15, 0.2) is 36.4 Å². The Morgan fingerprint density at radius 2 is 1.93 bits per heavy atom. The maximum absolute atomic E-state index is 11.3. The number of aryl methyl sites for hydroxylation is 1. The Morgan fingerprint density at radius 3 is 2.52 bits per heavy atom. The van der Waals surface area contributed by atoms with Crippen LogP contribution in [0.4, 0.5) is 0 Å². The predicted octanol–water partition coefficient (Wildman–Crippen LogP) is 3.29. The molecule has 1 atom stereocenters. The molecule has 1 fully saturated rings. The van der Waals surface area contributed by atoms with Crippen LogP contribution in [0, 0.1) is 12.8 Å². The van der Waals surface area contributed by atoms with Crippen LogP contribution in [-0.2, 0) is 4.79 Å². The van der Waals surface area contributed by atoms with E-state index in [1.165, 1.54) is 0 Å². The van der Waals surface area contributed by atoms with Crippen LogP contribution in [0.2, 0.25) is 0 Å². The molecule has 27 heavy (non-hydrogen) atoms. The number of nitrogens with zero attached hydrogens (tertiary/aromatic N) is 2. The third-order valence-corrected chi connectivity index (χ3v) is 5.17. The summed E-state index contributed by atoms with van der Waals surface area (Å²) in [7, 11) is 3.28. The van der Waals surface area contributed by atoms with Gasteiger partial charge in [0.15, 0.2) is 0 Å². The molecule has 1 unspecified atom stereocenters. The summed E-state index contributed by atoms with van der Waals surface area (Å²) in [5.41, 5.74) is 2.89. The van der Waals surface area contributed by atoms with Gasteiger partial charge in [0.05, 0.1) is 31.9 Å². The number of likely N-dealkylation sites (tertiary alicyclic amines) is 1. The monoisotopic (exact) mass is 370 g/mol. The van der Waals surface area contributed by atoms with E-state index in [0.717, 1.165) is 28.5 Å². The highest BCUT2D eigenvalue weighted by atomic mass is 16.5. The molecular weight excluding hydrogens is 344 g/mol. The lowest BCUT2D eigenvalue weighted by molar-refractivity contribution is -0.143. The molecule has 3 rings (SSSR count). The molecule has 0 radical (unpaired) electrons. The summed E-state index contributed by atoms with van der Waals surface area (Å²) in [5.74, 6) is 0.492. The standard InChI is InChI=1S/C21H26N2O4/c1-14-5-4-6-18(22-14)20(23-11-9-15(10-12-23)21(24)25)17-8-7-16(26-2)13-19(17)27-3/h4-8,13,15,20H,9-12H2,1-3H3,(H,24,25). The number of hydrogen-bond donors (Lipinski definition) is 1. The van der Waals surface area contributed by atoms with Crippen LogP contribution in [0.25, 0.3) is 0 Å². The zero-order valence-electron chi connectivity index (χ0n) is 16.0. The molecule has 1 aromatic carbocycles. The van der Waals surface area contributed by atoms with Crippen LogP contribution in [0.5, 0.6) is 11.5 Å². The SMILES string of the molecule is COc1ccc(C(c2cccc(C)n2)N2CCC(C(=O)O)CC2)c(OC)c1. The molecule has 144 valence electrons. The summed E-state index contributed by atoms with van der Waals surface area (Å²) in [6, 6.07) is 11.7. The number of benzene rings is 1. The first-order valence-electron chi connectivity index (χ1n) is 9.15. The Labute approximate surface area is 159 Å². The average molecular weight is 370 g/mol. The van der Waals surface area contributed by atoms with Gasteiger partial charge in [-0.15, -0.1) is 0 Å². The van der Waals surface area contributed by atoms with Gasteiger partial charge in [0.25, 0.3) is 0 Å². The van der Waals surface area contributed by atoms with E-state index >= 15 is 0 Å². The van der Waals surface area contributed by atoms with Gasteiger partial charge in [0.2, 0.25) is 0 Å². The highest BCUT2D eigenvalue weighted by Gasteiger charge is 2.32. The van der Waals surface area contributed by atoms with Gasteiger partial charge in [-0.05, 0) is 57.1 Å². The van der Waals surface area contributed by atoms with Crippen LogP contribution in [0.1, 0.15) is 35.8 Å². The molecule has 1 N–H and O–H groups in total. The molecule has 0 spiro atoms. The molecular formula is C21H26N2O4. The van der Waals surface area contributed by atoms with Crippen LogP contribution in [-0.4, -0.2) is 48.3 Å². The lowest BCUT2D eigenvalue weighted by Gasteiger charge is -2.37. The fourth-order valence-electron chi connectivity index (χ4n) is 3.71. The molecule has 1 aliphatic rings. The zero-order chi connectivity index (χ0) is 19.4. The molecule has 1 aromatic heterocycles. The normalized spacial score (nSPS) is 16.7. The van der Waals surface area contributed by atoms with E-state index in [2.05, 4.69) is 4.90 Å². The summed E-state index contributed by atoms with van der Waals surface area (Å²) in [5, 5.41) is 9.31. The number of piperidine rings is 1. The second-order valence-corrected chi connectivity index (χ2v) is 6.86. The first-order chi connectivity index (χ1) is 13.0. The summed E-state index contributed by atoms with van der Waals surface area (Å²) < 4.78 is 11.0. The first kappa shape index (κ1) is 19.2. The predicted molar refractivity (Wildman–Crippen MR) is 102 cm³/mol. The van der Waals surface area contributed by atoms with Gasteiger partial charge in [-0.1, -0.05) is 6.07 Å². The molecule has 0 amide bonds. The van der Waals surface area contributed by atoms with Crippen molar-refractivity contribution in [2.24, 2.45) is 5.92 Å². The van der Waals surface area contributed by atoms with Crippen molar-refractivity contribution in [3.63, 3.8) is 0 Å². The zero-order valence-corrected chi connectivity index (χ0v) is 16.0. The number of carbonyl (C=O) groups is 1. The highest BCUT2D eigenvalue weighted by molar-refractivity contribution is 5.70. The molecule has 6 heteroatoms. The van der Waals surface area contributed by atoms with Gasteiger partial charge in [-0.2, -0.15) is 0 Å². The molecule has 6 nitrogen and oxygen atoms in total. The van der Waals surface area contributed by atoms with E-state index in [4.69, 9.17) is 14.5 Å². The molecule has 1 aliphatic heterocycles. The largest absolute Gasteiger partial charge is 0.497 e. The van der Waals surface area contributed by atoms with E-state index in [-0.39, 0.29) is 12.0 Å². The number of rotatable bonds is 6. The fourth-order valence-corrected chi connectivity index (χ4v) is 3.71. The Morgan fingerprint density at radius 1 is 1.19 bits per heavy atom. The second kappa shape index (κ2) is 8.39. The number of ether oxygens (including phenoxy) is 2. The minimum Gasteiger partial charge on any atom is -0.497 e. The van der Waals surface area contributed by atoms with Gasteiger partial charge in [0.1, 0.15) is 11.5 Å². The Bertz CT molecular complexity index is 801. The quantitative estimate of drug-likeness (QED) is 0.841. The number of hydrogen-bond acceptors (Lipinski definition) is 5. The minimum absolute atomic E-state index is 0.0968. The molecule has 1 saturated heterocycles. The van der Waals surface area contributed by atoms with Crippen LogP contribution < -0.4 is 9.47 Å². The van der Waals surface area contributed by atoms with E-state index in [9.17, 15) is 9.90 Å². The minimum atomic E-state index is -0.707. The highest BCUT2D eigenvalue weighted by Crippen LogP contribution is 2.38. The molecule has 2 aromatic rings.